The molecular formula is C23H22BrN5O. The van der Waals surface area contributed by atoms with Crippen molar-refractivity contribution in [3.8, 4) is 0 Å². The fourth-order valence-corrected chi connectivity index (χ4v) is 3.59. The van der Waals surface area contributed by atoms with Crippen LogP contribution in [0, 0.1) is 13.8 Å². The monoisotopic (exact) mass is 463 g/mol. The number of aromatic nitrogens is 4. The lowest BCUT2D eigenvalue weighted by atomic mass is 10.1. The molecule has 0 saturated heterocycles. The molecule has 7 heteroatoms. The molecule has 1 amide bonds. The molecule has 30 heavy (non-hydrogen) atoms. The number of nitrogens with one attached hydrogen (secondary N) is 1. The zero-order chi connectivity index (χ0) is 21.1. The van der Waals surface area contributed by atoms with Gasteiger partial charge in [-0.1, -0.05) is 42.5 Å². The molecule has 0 saturated carbocycles. The van der Waals surface area contributed by atoms with E-state index in [0.29, 0.717) is 24.3 Å². The molecule has 0 radical (unpaired) electrons. The SMILES string of the molecule is Cc1nn(Cc2cccc(C(=O)Nc3cnn(Cc4ccccc4)c3)c2)c(C)c1Br. The Hall–Kier alpha value is -3.19. The number of rotatable bonds is 6. The molecule has 0 spiro atoms. The number of benzene rings is 2. The minimum Gasteiger partial charge on any atom is -0.319 e. The van der Waals surface area contributed by atoms with Gasteiger partial charge in [0.1, 0.15) is 0 Å². The molecule has 0 bridgehead atoms. The van der Waals surface area contributed by atoms with Crippen molar-refractivity contribution < 1.29 is 4.79 Å². The lowest BCUT2D eigenvalue weighted by Crippen LogP contribution is -2.12. The maximum absolute atomic E-state index is 12.7. The summed E-state index contributed by atoms with van der Waals surface area (Å²) >= 11 is 3.56. The standard InChI is InChI=1S/C23H22BrN5O/c1-16-22(24)17(2)29(27-16)14-19-9-6-10-20(11-19)23(30)26-21-12-25-28(15-21)13-18-7-4-3-5-8-18/h3-12,15H,13-14H2,1-2H3,(H,26,30). The van der Waals surface area contributed by atoms with Crippen molar-refractivity contribution in [1.29, 1.82) is 0 Å². The molecule has 0 fully saturated rings. The van der Waals surface area contributed by atoms with Gasteiger partial charge in [-0.2, -0.15) is 10.2 Å². The average Bonchev–Trinajstić information content (AvgIpc) is 3.28. The fourth-order valence-electron chi connectivity index (χ4n) is 3.30. The second-order valence-electron chi connectivity index (χ2n) is 7.21. The van der Waals surface area contributed by atoms with Gasteiger partial charge < -0.3 is 5.32 Å². The summed E-state index contributed by atoms with van der Waals surface area (Å²) in [6, 6.07) is 17.7. The highest BCUT2D eigenvalue weighted by Crippen LogP contribution is 2.21. The third kappa shape index (κ3) is 4.52. The molecule has 1 N–H and O–H groups in total. The number of carbonyl (C=O) groups is 1. The second-order valence-corrected chi connectivity index (χ2v) is 8.00. The Balaban J connectivity index is 1.44. The normalized spacial score (nSPS) is 10.9. The van der Waals surface area contributed by atoms with E-state index in [1.165, 1.54) is 0 Å². The summed E-state index contributed by atoms with van der Waals surface area (Å²) in [4.78, 5) is 12.7. The van der Waals surface area contributed by atoms with Crippen molar-refractivity contribution in [3.05, 3.63) is 99.5 Å². The van der Waals surface area contributed by atoms with Crippen LogP contribution in [0.1, 0.15) is 32.9 Å². The first-order chi connectivity index (χ1) is 14.5. The van der Waals surface area contributed by atoms with Crippen LogP contribution in [0.4, 0.5) is 5.69 Å². The number of hydrogen-bond acceptors (Lipinski definition) is 3. The lowest BCUT2D eigenvalue weighted by molar-refractivity contribution is 0.102. The van der Waals surface area contributed by atoms with E-state index in [0.717, 1.165) is 27.0 Å². The first-order valence-electron chi connectivity index (χ1n) is 9.66. The molecule has 2 aromatic carbocycles. The van der Waals surface area contributed by atoms with Crippen LogP contribution in [0.5, 0.6) is 0 Å². The molecular weight excluding hydrogens is 442 g/mol. The Kier molecular flexibility index (Phi) is 5.81. The Labute approximate surface area is 183 Å². The van der Waals surface area contributed by atoms with E-state index < -0.39 is 0 Å². The molecule has 0 atom stereocenters. The van der Waals surface area contributed by atoms with E-state index >= 15 is 0 Å². The molecule has 0 aliphatic heterocycles. The van der Waals surface area contributed by atoms with Crippen LogP contribution in [0.3, 0.4) is 0 Å². The number of halogens is 1. The molecule has 6 nitrogen and oxygen atoms in total. The van der Waals surface area contributed by atoms with Crippen LogP contribution in [0.25, 0.3) is 0 Å². The third-order valence-electron chi connectivity index (χ3n) is 4.89. The first-order valence-corrected chi connectivity index (χ1v) is 10.4. The molecule has 4 aromatic rings. The predicted molar refractivity (Wildman–Crippen MR) is 121 cm³/mol. The van der Waals surface area contributed by atoms with E-state index in [-0.39, 0.29) is 5.91 Å². The van der Waals surface area contributed by atoms with Gasteiger partial charge in [-0.05, 0) is 53.0 Å². The molecule has 2 aromatic heterocycles. The van der Waals surface area contributed by atoms with Gasteiger partial charge in [-0.15, -0.1) is 0 Å². The number of hydrogen-bond donors (Lipinski definition) is 1. The lowest BCUT2D eigenvalue weighted by Gasteiger charge is -2.08. The molecule has 152 valence electrons. The zero-order valence-electron chi connectivity index (χ0n) is 16.8. The summed E-state index contributed by atoms with van der Waals surface area (Å²) in [7, 11) is 0. The number of anilines is 1. The molecule has 0 unspecified atom stereocenters. The van der Waals surface area contributed by atoms with Crippen LogP contribution < -0.4 is 5.32 Å². The highest BCUT2D eigenvalue weighted by atomic mass is 79.9. The van der Waals surface area contributed by atoms with Crippen LogP contribution >= 0.6 is 15.9 Å². The fraction of sp³-hybridized carbons (Fsp3) is 0.174. The van der Waals surface area contributed by atoms with E-state index in [1.807, 2.05) is 84.0 Å². The van der Waals surface area contributed by atoms with Gasteiger partial charge in [0.2, 0.25) is 0 Å². The van der Waals surface area contributed by atoms with Gasteiger partial charge in [0, 0.05) is 11.8 Å². The van der Waals surface area contributed by atoms with Gasteiger partial charge in [0.15, 0.2) is 0 Å². The second kappa shape index (κ2) is 8.67. The van der Waals surface area contributed by atoms with Crippen molar-refractivity contribution >= 4 is 27.5 Å². The summed E-state index contributed by atoms with van der Waals surface area (Å²) in [5.41, 5.74) is 5.46. The van der Waals surface area contributed by atoms with Crippen molar-refractivity contribution in [2.24, 2.45) is 0 Å². The Bertz CT molecular complexity index is 1180. The maximum Gasteiger partial charge on any atom is 0.255 e. The maximum atomic E-state index is 12.7. The van der Waals surface area contributed by atoms with Gasteiger partial charge in [0.25, 0.3) is 5.91 Å². The first kappa shape index (κ1) is 20.1. The molecule has 2 heterocycles. The van der Waals surface area contributed by atoms with Gasteiger partial charge in [0.05, 0.1) is 40.8 Å². The van der Waals surface area contributed by atoms with Crippen molar-refractivity contribution in [2.45, 2.75) is 26.9 Å². The highest BCUT2D eigenvalue weighted by molar-refractivity contribution is 9.10. The number of amides is 1. The van der Waals surface area contributed by atoms with Crippen molar-refractivity contribution in [1.82, 2.24) is 19.6 Å². The Morgan fingerprint density at radius 2 is 1.80 bits per heavy atom. The van der Waals surface area contributed by atoms with E-state index in [1.54, 1.807) is 6.20 Å². The third-order valence-corrected chi connectivity index (χ3v) is 6.04. The summed E-state index contributed by atoms with van der Waals surface area (Å²) in [5, 5.41) is 11.8. The Morgan fingerprint density at radius 3 is 2.53 bits per heavy atom. The van der Waals surface area contributed by atoms with E-state index in [9.17, 15) is 4.79 Å². The average molecular weight is 464 g/mol. The Morgan fingerprint density at radius 1 is 1.03 bits per heavy atom. The summed E-state index contributed by atoms with van der Waals surface area (Å²) in [6.45, 7) is 5.25. The summed E-state index contributed by atoms with van der Waals surface area (Å²) < 4.78 is 4.76. The van der Waals surface area contributed by atoms with E-state index in [4.69, 9.17) is 0 Å². The minimum absolute atomic E-state index is 0.161. The quantitative estimate of drug-likeness (QED) is 0.446. The van der Waals surface area contributed by atoms with E-state index in [2.05, 4.69) is 31.4 Å². The number of carbonyl (C=O) groups excluding carboxylic acids is 1. The summed E-state index contributed by atoms with van der Waals surface area (Å²) in [6.07, 6.45) is 3.50. The number of aryl methyl sites for hydroxylation is 1. The van der Waals surface area contributed by atoms with Gasteiger partial charge in [-0.25, -0.2) is 0 Å². The predicted octanol–water partition coefficient (Wildman–Crippen LogP) is 4.81. The summed E-state index contributed by atoms with van der Waals surface area (Å²) in [5.74, 6) is -0.161. The smallest absolute Gasteiger partial charge is 0.255 e. The van der Waals surface area contributed by atoms with Crippen LogP contribution in [-0.4, -0.2) is 25.5 Å². The highest BCUT2D eigenvalue weighted by Gasteiger charge is 2.12. The molecule has 0 aliphatic rings. The van der Waals surface area contributed by atoms with Crippen LogP contribution in [0.2, 0.25) is 0 Å². The zero-order valence-corrected chi connectivity index (χ0v) is 18.4. The van der Waals surface area contributed by atoms with Gasteiger partial charge >= 0.3 is 0 Å². The van der Waals surface area contributed by atoms with Crippen LogP contribution in [-0.2, 0) is 13.1 Å². The van der Waals surface area contributed by atoms with Crippen LogP contribution in [0.15, 0.2) is 71.5 Å². The van der Waals surface area contributed by atoms with Crippen molar-refractivity contribution in [3.63, 3.8) is 0 Å². The number of nitrogens with zero attached hydrogens (tertiary/aromatic N) is 4. The topological polar surface area (TPSA) is 64.7 Å². The minimum atomic E-state index is -0.161. The van der Waals surface area contributed by atoms with Gasteiger partial charge in [-0.3, -0.25) is 14.2 Å². The molecule has 0 aliphatic carbocycles. The molecule has 4 rings (SSSR count). The largest absolute Gasteiger partial charge is 0.319 e. The van der Waals surface area contributed by atoms with Crippen molar-refractivity contribution in [2.75, 3.05) is 5.32 Å².